The van der Waals surface area contributed by atoms with Crippen LogP contribution < -0.4 is 10.5 Å². The van der Waals surface area contributed by atoms with Crippen molar-refractivity contribution in [3.8, 4) is 23.7 Å². The summed E-state index contributed by atoms with van der Waals surface area (Å²) in [6, 6.07) is 7.64. The first-order chi connectivity index (χ1) is 16.5. The molecule has 3 rings (SSSR count). The van der Waals surface area contributed by atoms with Crippen molar-refractivity contribution in [2.75, 3.05) is 18.6 Å². The quantitative estimate of drug-likeness (QED) is 0.452. The van der Waals surface area contributed by atoms with Crippen LogP contribution in [0, 0.1) is 30.1 Å². The second-order valence-electron chi connectivity index (χ2n) is 9.77. The van der Waals surface area contributed by atoms with E-state index < -0.39 is 39.9 Å². The summed E-state index contributed by atoms with van der Waals surface area (Å²) in [7, 11) is -3.63. The van der Waals surface area contributed by atoms with Gasteiger partial charge in [-0.3, -0.25) is 0 Å². The number of nitrogen functional groups attached to an aromatic ring is 1. The van der Waals surface area contributed by atoms with Crippen LogP contribution in [0.2, 0.25) is 0 Å². The summed E-state index contributed by atoms with van der Waals surface area (Å²) in [5.74, 6) is 5.38. The van der Waals surface area contributed by atoms with Gasteiger partial charge < -0.3 is 15.6 Å². The SMILES string of the molecule is Cc1cc(C#N)cc(N)c1C#CCC(O)(CC(C)(C)c1cc(S(C)(=O)=O)cc2c1OCC2)C(F)(F)F. The van der Waals surface area contributed by atoms with Gasteiger partial charge in [0, 0.05) is 30.3 Å². The Hall–Kier alpha value is -3.21. The van der Waals surface area contributed by atoms with Crippen LogP contribution in [-0.4, -0.2) is 38.2 Å². The van der Waals surface area contributed by atoms with E-state index in [1.165, 1.54) is 38.1 Å². The van der Waals surface area contributed by atoms with Gasteiger partial charge in [-0.2, -0.15) is 18.4 Å². The summed E-state index contributed by atoms with van der Waals surface area (Å²) in [6.45, 7) is 4.92. The van der Waals surface area contributed by atoms with Crippen LogP contribution in [0.3, 0.4) is 0 Å². The zero-order valence-electron chi connectivity index (χ0n) is 20.4. The Bertz CT molecular complexity index is 1390. The van der Waals surface area contributed by atoms with Gasteiger partial charge in [0.25, 0.3) is 0 Å². The summed E-state index contributed by atoms with van der Waals surface area (Å²) >= 11 is 0. The minimum absolute atomic E-state index is 0.0167. The number of hydrogen-bond donors (Lipinski definition) is 2. The van der Waals surface area contributed by atoms with Gasteiger partial charge in [0.05, 0.1) is 28.7 Å². The lowest BCUT2D eigenvalue weighted by Crippen LogP contribution is -2.49. The average Bonchev–Trinajstić information content (AvgIpc) is 3.21. The molecule has 3 N–H and O–H groups in total. The van der Waals surface area contributed by atoms with E-state index in [4.69, 9.17) is 15.7 Å². The molecule has 192 valence electrons. The largest absolute Gasteiger partial charge is 0.493 e. The number of sulfone groups is 1. The molecule has 1 aliphatic rings. The van der Waals surface area contributed by atoms with Crippen molar-refractivity contribution in [2.45, 2.75) is 62.1 Å². The van der Waals surface area contributed by atoms with E-state index in [0.29, 0.717) is 28.9 Å². The number of nitriles is 1. The number of anilines is 1. The predicted molar refractivity (Wildman–Crippen MR) is 129 cm³/mol. The maximum absolute atomic E-state index is 14.2. The number of rotatable bonds is 5. The number of alkyl halides is 3. The van der Waals surface area contributed by atoms with Crippen LogP contribution in [0.25, 0.3) is 0 Å². The third-order valence-electron chi connectivity index (χ3n) is 6.27. The summed E-state index contributed by atoms with van der Waals surface area (Å²) in [4.78, 5) is -0.0167. The van der Waals surface area contributed by atoms with E-state index in [0.717, 1.165) is 6.26 Å². The Morgan fingerprint density at radius 3 is 2.42 bits per heavy atom. The normalized spacial score (nSPS) is 15.2. The number of fused-ring (bicyclic) bond motifs is 1. The van der Waals surface area contributed by atoms with Crippen LogP contribution in [0.4, 0.5) is 18.9 Å². The summed E-state index contributed by atoms with van der Waals surface area (Å²) < 4.78 is 72.6. The molecule has 2 aromatic carbocycles. The summed E-state index contributed by atoms with van der Waals surface area (Å²) in [5.41, 5.74) is 3.52. The van der Waals surface area contributed by atoms with Crippen molar-refractivity contribution >= 4 is 15.5 Å². The molecule has 6 nitrogen and oxygen atoms in total. The fourth-order valence-electron chi connectivity index (χ4n) is 4.41. The maximum atomic E-state index is 14.2. The molecule has 0 radical (unpaired) electrons. The van der Waals surface area contributed by atoms with Crippen molar-refractivity contribution < 1.29 is 31.4 Å². The molecule has 36 heavy (non-hydrogen) atoms. The number of benzene rings is 2. The number of nitrogens with zero attached hydrogens (tertiary/aromatic N) is 1. The van der Waals surface area contributed by atoms with Gasteiger partial charge in [0.15, 0.2) is 15.4 Å². The first-order valence-electron chi connectivity index (χ1n) is 11.1. The van der Waals surface area contributed by atoms with Gasteiger partial charge >= 0.3 is 6.18 Å². The Labute approximate surface area is 208 Å². The zero-order chi connectivity index (χ0) is 27.1. The topological polar surface area (TPSA) is 113 Å². The number of halogens is 3. The van der Waals surface area contributed by atoms with Gasteiger partial charge in [0.2, 0.25) is 0 Å². The molecule has 2 aromatic rings. The highest BCUT2D eigenvalue weighted by atomic mass is 32.2. The smallest absolute Gasteiger partial charge is 0.418 e. The number of nitrogens with two attached hydrogens (primary N) is 1. The Morgan fingerprint density at radius 2 is 1.86 bits per heavy atom. The number of aryl methyl sites for hydroxylation is 1. The molecule has 0 saturated heterocycles. The highest BCUT2D eigenvalue weighted by Gasteiger charge is 2.56. The fraction of sp³-hybridized carbons (Fsp3) is 0.423. The standard InChI is InChI=1S/C26H27F3N2O4S/c1-16-10-17(14-30)11-22(31)20(16)6-5-8-25(32,26(27,28)29)15-24(2,3)21-13-19(36(4,33)34)12-18-7-9-35-23(18)21/h10-13,32H,7-9,15,31H2,1-4H3. The van der Waals surface area contributed by atoms with Crippen LogP contribution in [0.5, 0.6) is 5.75 Å². The monoisotopic (exact) mass is 520 g/mol. The molecule has 0 amide bonds. The van der Waals surface area contributed by atoms with Crippen LogP contribution >= 0.6 is 0 Å². The van der Waals surface area contributed by atoms with Gasteiger partial charge in [-0.1, -0.05) is 25.7 Å². The molecule has 10 heteroatoms. The second kappa shape index (κ2) is 9.34. The van der Waals surface area contributed by atoms with E-state index in [-0.39, 0.29) is 28.3 Å². The van der Waals surface area contributed by atoms with Crippen molar-refractivity contribution in [3.05, 3.63) is 52.1 Å². The van der Waals surface area contributed by atoms with Crippen LogP contribution in [0.15, 0.2) is 29.2 Å². The third kappa shape index (κ3) is 5.45. The molecule has 0 aliphatic carbocycles. The van der Waals surface area contributed by atoms with E-state index in [9.17, 15) is 26.7 Å². The predicted octanol–water partition coefficient (Wildman–Crippen LogP) is 4.19. The lowest BCUT2D eigenvalue weighted by Gasteiger charge is -2.37. The lowest BCUT2D eigenvalue weighted by atomic mass is 9.73. The van der Waals surface area contributed by atoms with Gasteiger partial charge in [-0.25, -0.2) is 8.42 Å². The molecule has 0 spiro atoms. The molecular formula is C26H27F3N2O4S. The molecule has 1 unspecified atom stereocenters. The van der Waals surface area contributed by atoms with Crippen LogP contribution in [0.1, 0.15) is 54.5 Å². The molecule has 0 bridgehead atoms. The van der Waals surface area contributed by atoms with E-state index >= 15 is 0 Å². The molecule has 0 fully saturated rings. The van der Waals surface area contributed by atoms with Crippen molar-refractivity contribution in [2.24, 2.45) is 0 Å². The highest BCUT2D eigenvalue weighted by molar-refractivity contribution is 7.90. The summed E-state index contributed by atoms with van der Waals surface area (Å²) in [5, 5.41) is 19.9. The molecule has 1 aliphatic heterocycles. The second-order valence-corrected chi connectivity index (χ2v) is 11.8. The molecule has 0 aromatic heterocycles. The zero-order valence-corrected chi connectivity index (χ0v) is 21.2. The fourth-order valence-corrected chi connectivity index (χ4v) is 5.10. The van der Waals surface area contributed by atoms with Gasteiger partial charge in [0.1, 0.15) is 5.75 Å². The number of ether oxygens (including phenoxy) is 1. The lowest BCUT2D eigenvalue weighted by molar-refractivity contribution is -0.264. The molecule has 1 heterocycles. The molecule has 0 saturated carbocycles. The highest BCUT2D eigenvalue weighted by Crippen LogP contribution is 2.47. The number of hydrogen-bond acceptors (Lipinski definition) is 6. The Balaban J connectivity index is 2.02. The minimum atomic E-state index is -5.03. The average molecular weight is 521 g/mol. The van der Waals surface area contributed by atoms with Crippen molar-refractivity contribution in [1.29, 1.82) is 5.26 Å². The summed E-state index contributed by atoms with van der Waals surface area (Å²) in [6.07, 6.45) is -5.29. The third-order valence-corrected chi connectivity index (χ3v) is 7.36. The molecular weight excluding hydrogens is 493 g/mol. The Kier molecular flexibility index (Phi) is 7.11. The van der Waals surface area contributed by atoms with Gasteiger partial charge in [-0.05, 0) is 54.2 Å². The minimum Gasteiger partial charge on any atom is -0.493 e. The van der Waals surface area contributed by atoms with E-state index in [1.54, 1.807) is 6.92 Å². The van der Waals surface area contributed by atoms with Crippen molar-refractivity contribution in [1.82, 2.24) is 0 Å². The van der Waals surface area contributed by atoms with Gasteiger partial charge in [-0.15, -0.1) is 0 Å². The first kappa shape index (κ1) is 27.4. The van der Waals surface area contributed by atoms with Crippen molar-refractivity contribution in [3.63, 3.8) is 0 Å². The first-order valence-corrected chi connectivity index (χ1v) is 13.0. The van der Waals surface area contributed by atoms with E-state index in [1.807, 2.05) is 6.07 Å². The maximum Gasteiger partial charge on any atom is 0.418 e. The Morgan fingerprint density at radius 1 is 1.19 bits per heavy atom. The number of aliphatic hydroxyl groups is 1. The van der Waals surface area contributed by atoms with E-state index in [2.05, 4.69) is 11.8 Å². The molecule has 1 atom stereocenters. The van der Waals surface area contributed by atoms with Crippen LogP contribution in [-0.2, 0) is 21.7 Å².